The molecule has 0 aliphatic carbocycles. The lowest BCUT2D eigenvalue weighted by atomic mass is 9.99. The zero-order valence-corrected chi connectivity index (χ0v) is 12.4. The standard InChI is InChI=1S/C13H19BrN2S/c14-10-7-11(17-9-10)8-15-12-4-6-16-5-2-1-3-13(12)16/h7,9,12-13,15H,1-6,8H2. The number of fused-ring (bicyclic) bond motifs is 1. The predicted octanol–water partition coefficient (Wildman–Crippen LogP) is 3.23. The van der Waals surface area contributed by atoms with Crippen LogP contribution in [0.15, 0.2) is 15.9 Å². The summed E-state index contributed by atoms with van der Waals surface area (Å²) in [5, 5.41) is 5.92. The molecule has 0 amide bonds. The maximum atomic E-state index is 3.76. The number of hydrogen-bond donors (Lipinski definition) is 1. The van der Waals surface area contributed by atoms with Gasteiger partial charge in [0.15, 0.2) is 0 Å². The third-order valence-corrected chi connectivity index (χ3v) is 5.71. The van der Waals surface area contributed by atoms with Gasteiger partial charge in [-0.2, -0.15) is 0 Å². The van der Waals surface area contributed by atoms with Crippen LogP contribution in [-0.2, 0) is 6.54 Å². The van der Waals surface area contributed by atoms with E-state index in [9.17, 15) is 0 Å². The van der Waals surface area contributed by atoms with Gasteiger partial charge in [0.05, 0.1) is 0 Å². The Morgan fingerprint density at radius 2 is 2.29 bits per heavy atom. The van der Waals surface area contributed by atoms with E-state index in [-0.39, 0.29) is 0 Å². The average molecular weight is 315 g/mol. The molecular weight excluding hydrogens is 296 g/mol. The highest BCUT2D eigenvalue weighted by Gasteiger charge is 2.34. The van der Waals surface area contributed by atoms with Gasteiger partial charge >= 0.3 is 0 Å². The maximum Gasteiger partial charge on any atom is 0.0303 e. The molecule has 0 bridgehead atoms. The molecule has 2 unspecified atom stereocenters. The molecule has 2 fully saturated rings. The van der Waals surface area contributed by atoms with Crippen molar-refractivity contribution in [3.05, 3.63) is 20.8 Å². The molecule has 0 radical (unpaired) electrons. The zero-order valence-electron chi connectivity index (χ0n) is 9.99. The van der Waals surface area contributed by atoms with Crippen LogP contribution in [0, 0.1) is 0 Å². The molecular formula is C13H19BrN2S. The summed E-state index contributed by atoms with van der Waals surface area (Å²) in [4.78, 5) is 4.12. The van der Waals surface area contributed by atoms with Gasteiger partial charge in [0.25, 0.3) is 0 Å². The molecule has 2 nitrogen and oxygen atoms in total. The molecule has 17 heavy (non-hydrogen) atoms. The molecule has 3 rings (SSSR count). The SMILES string of the molecule is Brc1csc(CNC2CCN3CCCCC23)c1. The molecule has 94 valence electrons. The Labute approximate surface area is 116 Å². The Kier molecular flexibility index (Phi) is 3.85. The van der Waals surface area contributed by atoms with Crippen molar-refractivity contribution in [2.45, 2.75) is 44.3 Å². The number of thiophene rings is 1. The van der Waals surface area contributed by atoms with E-state index in [4.69, 9.17) is 0 Å². The van der Waals surface area contributed by atoms with E-state index in [1.54, 1.807) is 0 Å². The molecule has 2 saturated heterocycles. The first kappa shape index (κ1) is 12.2. The predicted molar refractivity (Wildman–Crippen MR) is 76.5 cm³/mol. The van der Waals surface area contributed by atoms with Crippen molar-refractivity contribution < 1.29 is 0 Å². The van der Waals surface area contributed by atoms with Gasteiger partial charge in [-0.15, -0.1) is 11.3 Å². The summed E-state index contributed by atoms with van der Waals surface area (Å²) in [6.45, 7) is 3.66. The molecule has 2 atom stereocenters. The first-order chi connectivity index (χ1) is 8.33. The van der Waals surface area contributed by atoms with E-state index in [1.807, 2.05) is 11.3 Å². The monoisotopic (exact) mass is 314 g/mol. The van der Waals surface area contributed by atoms with Gasteiger partial charge in [0, 0.05) is 39.9 Å². The van der Waals surface area contributed by atoms with Crippen LogP contribution in [0.3, 0.4) is 0 Å². The van der Waals surface area contributed by atoms with Crippen molar-refractivity contribution in [1.29, 1.82) is 0 Å². The topological polar surface area (TPSA) is 15.3 Å². The Bertz CT molecular complexity index is 379. The van der Waals surface area contributed by atoms with Crippen LogP contribution in [0.2, 0.25) is 0 Å². The Hall–Kier alpha value is 0.1000. The van der Waals surface area contributed by atoms with Gasteiger partial charge in [-0.1, -0.05) is 6.42 Å². The summed E-state index contributed by atoms with van der Waals surface area (Å²) in [5.41, 5.74) is 0. The molecule has 1 N–H and O–H groups in total. The van der Waals surface area contributed by atoms with E-state index in [0.29, 0.717) is 0 Å². The fourth-order valence-corrected chi connectivity index (χ4v) is 4.57. The number of rotatable bonds is 3. The molecule has 1 aromatic heterocycles. The maximum absolute atomic E-state index is 3.76. The molecule has 2 aliphatic rings. The summed E-state index contributed by atoms with van der Waals surface area (Å²) in [6, 6.07) is 3.76. The summed E-state index contributed by atoms with van der Waals surface area (Å²) in [5.74, 6) is 0. The Balaban J connectivity index is 1.55. The normalized spacial score (nSPS) is 29.5. The molecule has 0 aromatic carbocycles. The largest absolute Gasteiger partial charge is 0.307 e. The van der Waals surface area contributed by atoms with Crippen LogP contribution in [0.1, 0.15) is 30.6 Å². The highest BCUT2D eigenvalue weighted by Crippen LogP contribution is 2.28. The lowest BCUT2D eigenvalue weighted by Gasteiger charge is -2.32. The van der Waals surface area contributed by atoms with Crippen LogP contribution in [-0.4, -0.2) is 30.1 Å². The third-order valence-electron chi connectivity index (χ3n) is 4.02. The first-order valence-corrected chi connectivity index (χ1v) is 8.20. The molecule has 1 aromatic rings. The van der Waals surface area contributed by atoms with Crippen molar-refractivity contribution in [3.8, 4) is 0 Å². The lowest BCUT2D eigenvalue weighted by molar-refractivity contribution is 0.180. The van der Waals surface area contributed by atoms with Crippen molar-refractivity contribution >= 4 is 27.3 Å². The molecule has 0 saturated carbocycles. The summed E-state index contributed by atoms with van der Waals surface area (Å²) in [7, 11) is 0. The minimum atomic E-state index is 0.719. The Morgan fingerprint density at radius 1 is 1.35 bits per heavy atom. The van der Waals surface area contributed by atoms with E-state index in [1.165, 1.54) is 48.1 Å². The molecule has 3 heterocycles. The van der Waals surface area contributed by atoms with Crippen LogP contribution in [0.5, 0.6) is 0 Å². The minimum absolute atomic E-state index is 0.719. The van der Waals surface area contributed by atoms with Crippen molar-refractivity contribution in [2.75, 3.05) is 13.1 Å². The average Bonchev–Trinajstić information content (AvgIpc) is 2.93. The number of halogens is 1. The van der Waals surface area contributed by atoms with Gasteiger partial charge in [0.1, 0.15) is 0 Å². The zero-order chi connectivity index (χ0) is 11.7. The van der Waals surface area contributed by atoms with E-state index >= 15 is 0 Å². The van der Waals surface area contributed by atoms with Crippen LogP contribution in [0.4, 0.5) is 0 Å². The van der Waals surface area contributed by atoms with Crippen LogP contribution < -0.4 is 5.32 Å². The highest BCUT2D eigenvalue weighted by molar-refractivity contribution is 9.10. The van der Waals surface area contributed by atoms with Gasteiger partial charge in [-0.05, 0) is 47.8 Å². The fourth-order valence-electron chi connectivity index (χ4n) is 3.16. The number of nitrogens with zero attached hydrogens (tertiary/aromatic N) is 1. The van der Waals surface area contributed by atoms with Gasteiger partial charge in [0.2, 0.25) is 0 Å². The number of nitrogens with one attached hydrogen (secondary N) is 1. The lowest BCUT2D eigenvalue weighted by Crippen LogP contribution is -2.44. The van der Waals surface area contributed by atoms with Crippen LogP contribution in [0.25, 0.3) is 0 Å². The van der Waals surface area contributed by atoms with Crippen molar-refractivity contribution in [3.63, 3.8) is 0 Å². The quantitative estimate of drug-likeness (QED) is 0.921. The highest BCUT2D eigenvalue weighted by atomic mass is 79.9. The fraction of sp³-hybridized carbons (Fsp3) is 0.692. The smallest absolute Gasteiger partial charge is 0.0303 e. The van der Waals surface area contributed by atoms with E-state index < -0.39 is 0 Å². The molecule has 0 spiro atoms. The number of hydrogen-bond acceptors (Lipinski definition) is 3. The first-order valence-electron chi connectivity index (χ1n) is 6.53. The van der Waals surface area contributed by atoms with Gasteiger partial charge in [-0.3, -0.25) is 4.90 Å². The van der Waals surface area contributed by atoms with Crippen molar-refractivity contribution in [2.24, 2.45) is 0 Å². The summed E-state index contributed by atoms with van der Waals surface area (Å²) < 4.78 is 1.21. The Morgan fingerprint density at radius 3 is 3.12 bits per heavy atom. The molecule has 4 heteroatoms. The van der Waals surface area contributed by atoms with E-state index in [2.05, 4.69) is 37.6 Å². The van der Waals surface area contributed by atoms with E-state index in [0.717, 1.165) is 18.6 Å². The number of piperidine rings is 1. The second-order valence-corrected chi connectivity index (χ2v) is 7.02. The van der Waals surface area contributed by atoms with Gasteiger partial charge in [-0.25, -0.2) is 0 Å². The second-order valence-electron chi connectivity index (χ2n) is 5.11. The summed E-state index contributed by atoms with van der Waals surface area (Å²) >= 11 is 5.35. The van der Waals surface area contributed by atoms with Gasteiger partial charge < -0.3 is 5.32 Å². The van der Waals surface area contributed by atoms with Crippen molar-refractivity contribution in [1.82, 2.24) is 10.2 Å². The summed E-state index contributed by atoms with van der Waals surface area (Å²) in [6.07, 6.45) is 5.55. The third kappa shape index (κ3) is 2.75. The van der Waals surface area contributed by atoms with Crippen LogP contribution >= 0.6 is 27.3 Å². The minimum Gasteiger partial charge on any atom is -0.307 e. The molecule has 2 aliphatic heterocycles. The second kappa shape index (κ2) is 5.39.